The second-order valence-corrected chi connectivity index (χ2v) is 4.82. The van der Waals surface area contributed by atoms with Gasteiger partial charge in [-0.05, 0) is 17.8 Å². The summed E-state index contributed by atoms with van der Waals surface area (Å²) in [5.41, 5.74) is 0.111. The topological polar surface area (TPSA) is 49.3 Å². The van der Waals surface area contributed by atoms with Crippen molar-refractivity contribution in [3.05, 3.63) is 0 Å². The molecule has 0 aliphatic heterocycles. The second kappa shape index (κ2) is 6.02. The van der Waals surface area contributed by atoms with Crippen molar-refractivity contribution in [3.63, 3.8) is 0 Å². The molecule has 0 radical (unpaired) electrons. The number of aliphatic hydroxyl groups excluding tert-OH is 1. The molecule has 1 unspecified atom stereocenters. The van der Waals surface area contributed by atoms with Crippen LogP contribution in [0, 0.1) is 11.3 Å². The minimum absolute atomic E-state index is 0.111. The largest absolute Gasteiger partial charge is 0.387 e. The van der Waals surface area contributed by atoms with Crippen LogP contribution in [0.4, 0.5) is 0 Å². The van der Waals surface area contributed by atoms with E-state index in [2.05, 4.69) is 33.0 Å². The van der Waals surface area contributed by atoms with Crippen LogP contribution in [-0.2, 0) is 4.79 Å². The lowest BCUT2D eigenvalue weighted by atomic mass is 9.82. The number of nitrogens with one attached hydrogen (secondary N) is 1. The third kappa shape index (κ3) is 5.97. The first kappa shape index (κ1) is 13.4. The molecule has 0 saturated heterocycles. The fraction of sp³-hybridized carbons (Fsp3) is 0.909. The fourth-order valence-electron chi connectivity index (χ4n) is 1.55. The minimum atomic E-state index is -0.417. The van der Waals surface area contributed by atoms with Crippen molar-refractivity contribution >= 4 is 5.91 Å². The van der Waals surface area contributed by atoms with E-state index >= 15 is 0 Å². The van der Waals surface area contributed by atoms with E-state index in [1.54, 1.807) is 0 Å². The Hall–Kier alpha value is -0.570. The van der Waals surface area contributed by atoms with Crippen LogP contribution in [-0.4, -0.2) is 24.2 Å². The van der Waals surface area contributed by atoms with E-state index in [4.69, 9.17) is 5.11 Å². The van der Waals surface area contributed by atoms with E-state index in [-0.39, 0.29) is 11.3 Å². The van der Waals surface area contributed by atoms with Crippen molar-refractivity contribution in [2.75, 3.05) is 13.2 Å². The van der Waals surface area contributed by atoms with Crippen molar-refractivity contribution in [1.29, 1.82) is 0 Å². The van der Waals surface area contributed by atoms with Crippen LogP contribution in [0.25, 0.3) is 0 Å². The van der Waals surface area contributed by atoms with Gasteiger partial charge in [0.05, 0.1) is 0 Å². The molecule has 84 valence electrons. The van der Waals surface area contributed by atoms with Crippen LogP contribution in [0.15, 0.2) is 0 Å². The standard InChI is InChI=1S/C11H23NO2/c1-5-9(2)6-11(3,4)8-12-10(14)7-13/h9,13H,5-8H2,1-4H3,(H,12,14). The first-order chi connectivity index (χ1) is 6.41. The predicted octanol–water partition coefficient (Wildman–Crippen LogP) is 1.56. The zero-order valence-corrected chi connectivity index (χ0v) is 9.76. The molecule has 3 nitrogen and oxygen atoms in total. The minimum Gasteiger partial charge on any atom is -0.387 e. The maximum atomic E-state index is 10.9. The monoisotopic (exact) mass is 201 g/mol. The maximum Gasteiger partial charge on any atom is 0.245 e. The maximum absolute atomic E-state index is 10.9. The van der Waals surface area contributed by atoms with E-state index in [9.17, 15) is 4.79 Å². The smallest absolute Gasteiger partial charge is 0.245 e. The molecule has 0 aromatic rings. The normalized spacial score (nSPS) is 13.8. The molecule has 0 aromatic carbocycles. The number of hydrogen-bond donors (Lipinski definition) is 2. The lowest BCUT2D eigenvalue weighted by Crippen LogP contribution is -2.36. The number of rotatable bonds is 6. The first-order valence-corrected chi connectivity index (χ1v) is 5.29. The Labute approximate surface area is 86.9 Å². The lowest BCUT2D eigenvalue weighted by molar-refractivity contribution is -0.124. The summed E-state index contributed by atoms with van der Waals surface area (Å²) in [5.74, 6) is 0.387. The first-order valence-electron chi connectivity index (χ1n) is 5.29. The van der Waals surface area contributed by atoms with Gasteiger partial charge in [-0.1, -0.05) is 34.1 Å². The second-order valence-electron chi connectivity index (χ2n) is 4.82. The van der Waals surface area contributed by atoms with Gasteiger partial charge in [0, 0.05) is 6.54 Å². The number of hydrogen-bond acceptors (Lipinski definition) is 2. The van der Waals surface area contributed by atoms with E-state index in [1.807, 2.05) is 0 Å². The van der Waals surface area contributed by atoms with Crippen molar-refractivity contribution in [1.82, 2.24) is 5.32 Å². The van der Waals surface area contributed by atoms with Gasteiger partial charge in [0.2, 0.25) is 5.91 Å². The van der Waals surface area contributed by atoms with Crippen molar-refractivity contribution in [2.45, 2.75) is 40.5 Å². The summed E-state index contributed by atoms with van der Waals surface area (Å²) in [5, 5.41) is 11.3. The van der Waals surface area contributed by atoms with Gasteiger partial charge >= 0.3 is 0 Å². The molecule has 0 aliphatic rings. The summed E-state index contributed by atoms with van der Waals surface area (Å²) in [6, 6.07) is 0. The Morgan fingerprint density at radius 1 is 1.50 bits per heavy atom. The number of carbonyl (C=O) groups is 1. The van der Waals surface area contributed by atoms with Crippen molar-refractivity contribution < 1.29 is 9.90 Å². The molecule has 14 heavy (non-hydrogen) atoms. The highest BCUT2D eigenvalue weighted by Crippen LogP contribution is 2.25. The Morgan fingerprint density at radius 3 is 2.50 bits per heavy atom. The molecular formula is C11H23NO2. The third-order valence-electron chi connectivity index (χ3n) is 2.51. The molecule has 3 heteroatoms. The van der Waals surface area contributed by atoms with E-state index in [0.717, 1.165) is 12.8 Å². The molecule has 0 aromatic heterocycles. The van der Waals surface area contributed by atoms with Gasteiger partial charge in [0.25, 0.3) is 0 Å². The highest BCUT2D eigenvalue weighted by atomic mass is 16.3. The average molecular weight is 201 g/mol. The van der Waals surface area contributed by atoms with Gasteiger partial charge in [0.1, 0.15) is 6.61 Å². The lowest BCUT2D eigenvalue weighted by Gasteiger charge is -2.27. The SMILES string of the molecule is CCC(C)CC(C)(C)CNC(=O)CO. The van der Waals surface area contributed by atoms with E-state index < -0.39 is 6.61 Å². The fourth-order valence-corrected chi connectivity index (χ4v) is 1.55. The van der Waals surface area contributed by atoms with Gasteiger partial charge in [-0.2, -0.15) is 0 Å². The van der Waals surface area contributed by atoms with Gasteiger partial charge in [-0.3, -0.25) is 4.79 Å². The zero-order valence-electron chi connectivity index (χ0n) is 9.76. The van der Waals surface area contributed by atoms with Crippen LogP contribution in [0.2, 0.25) is 0 Å². The van der Waals surface area contributed by atoms with Crippen LogP contribution < -0.4 is 5.32 Å². The number of carbonyl (C=O) groups excluding carboxylic acids is 1. The van der Waals surface area contributed by atoms with Crippen LogP contribution in [0.3, 0.4) is 0 Å². The Kier molecular flexibility index (Phi) is 5.77. The van der Waals surface area contributed by atoms with Crippen molar-refractivity contribution in [2.24, 2.45) is 11.3 Å². The molecule has 0 rings (SSSR count). The molecule has 0 spiro atoms. The van der Waals surface area contributed by atoms with Crippen LogP contribution in [0.1, 0.15) is 40.5 Å². The Balaban J connectivity index is 3.88. The molecule has 2 N–H and O–H groups in total. The summed E-state index contributed by atoms with van der Waals surface area (Å²) in [4.78, 5) is 10.9. The van der Waals surface area contributed by atoms with Crippen molar-refractivity contribution in [3.8, 4) is 0 Å². The van der Waals surface area contributed by atoms with Gasteiger partial charge in [-0.15, -0.1) is 0 Å². The molecule has 0 heterocycles. The number of aliphatic hydroxyl groups is 1. The average Bonchev–Trinajstić information content (AvgIpc) is 2.13. The van der Waals surface area contributed by atoms with Gasteiger partial charge < -0.3 is 10.4 Å². The Bertz CT molecular complexity index is 178. The highest BCUT2D eigenvalue weighted by molar-refractivity contribution is 5.76. The van der Waals surface area contributed by atoms with Gasteiger partial charge in [0.15, 0.2) is 0 Å². The van der Waals surface area contributed by atoms with Gasteiger partial charge in [-0.25, -0.2) is 0 Å². The Morgan fingerprint density at radius 2 is 2.07 bits per heavy atom. The molecule has 0 bridgehead atoms. The quantitative estimate of drug-likeness (QED) is 0.685. The summed E-state index contributed by atoms with van der Waals surface area (Å²) in [6.45, 7) is 8.88. The third-order valence-corrected chi connectivity index (χ3v) is 2.51. The van der Waals surface area contributed by atoms with E-state index in [0.29, 0.717) is 12.5 Å². The number of amides is 1. The van der Waals surface area contributed by atoms with Crippen LogP contribution in [0.5, 0.6) is 0 Å². The summed E-state index contributed by atoms with van der Waals surface area (Å²) >= 11 is 0. The molecule has 1 amide bonds. The molecule has 0 aliphatic carbocycles. The molecule has 0 fully saturated rings. The zero-order chi connectivity index (χ0) is 11.2. The molecule has 1 atom stereocenters. The van der Waals surface area contributed by atoms with Crippen LogP contribution >= 0.6 is 0 Å². The predicted molar refractivity (Wildman–Crippen MR) is 57.9 cm³/mol. The summed E-state index contributed by atoms with van der Waals surface area (Å²) in [7, 11) is 0. The summed E-state index contributed by atoms with van der Waals surface area (Å²) < 4.78 is 0. The molecule has 0 saturated carbocycles. The summed E-state index contributed by atoms with van der Waals surface area (Å²) in [6.07, 6.45) is 2.26. The molecular weight excluding hydrogens is 178 g/mol. The van der Waals surface area contributed by atoms with E-state index in [1.165, 1.54) is 0 Å². The highest BCUT2D eigenvalue weighted by Gasteiger charge is 2.20.